The van der Waals surface area contributed by atoms with Crippen LogP contribution in [0.15, 0.2) is 48.5 Å². The molecule has 0 fully saturated rings. The molecule has 0 bridgehead atoms. The molecular weight excluding hydrogens is 344 g/mol. The molecule has 0 spiro atoms. The van der Waals surface area contributed by atoms with E-state index < -0.39 is 0 Å². The summed E-state index contributed by atoms with van der Waals surface area (Å²) in [7, 11) is 0. The minimum absolute atomic E-state index is 0.0269. The summed E-state index contributed by atoms with van der Waals surface area (Å²) in [4.78, 5) is 17.7. The van der Waals surface area contributed by atoms with Crippen LogP contribution in [0, 0.1) is 0 Å². The van der Waals surface area contributed by atoms with E-state index in [1.807, 2.05) is 40.1 Å². The number of carbonyl (C=O) groups is 1. The fourth-order valence-corrected chi connectivity index (χ4v) is 3.98. The molecule has 0 aliphatic heterocycles. The molecule has 0 saturated carbocycles. The first-order valence-electron chi connectivity index (χ1n) is 10.5. The van der Waals surface area contributed by atoms with Gasteiger partial charge in [0.05, 0.1) is 11.4 Å². The number of hydrogen-bond donors (Lipinski definition) is 0. The maximum absolute atomic E-state index is 13.8. The smallest absolute Gasteiger partial charge is 0.319 e. The SMILES string of the molecule is CC(C)c1cccc(N(C(=O)N(C(C)C)C(C)C)c2ccccc2)c1C(C)C. The zero-order valence-corrected chi connectivity index (χ0v) is 18.7. The third kappa shape index (κ3) is 4.57. The number of hydrogen-bond acceptors (Lipinski definition) is 1. The maximum atomic E-state index is 13.8. The highest BCUT2D eigenvalue weighted by Gasteiger charge is 2.30. The molecule has 2 aromatic rings. The van der Waals surface area contributed by atoms with Crippen molar-refractivity contribution >= 4 is 17.4 Å². The van der Waals surface area contributed by atoms with Gasteiger partial charge in [0.15, 0.2) is 0 Å². The highest BCUT2D eigenvalue weighted by molar-refractivity contribution is 6.00. The molecule has 3 nitrogen and oxygen atoms in total. The van der Waals surface area contributed by atoms with Crippen LogP contribution < -0.4 is 4.90 Å². The van der Waals surface area contributed by atoms with E-state index in [2.05, 4.69) is 73.6 Å². The van der Waals surface area contributed by atoms with Crippen LogP contribution in [0.3, 0.4) is 0 Å². The predicted octanol–water partition coefficient (Wildman–Crippen LogP) is 7.31. The summed E-state index contributed by atoms with van der Waals surface area (Å²) >= 11 is 0. The Morgan fingerprint density at radius 2 is 1.29 bits per heavy atom. The number of urea groups is 1. The van der Waals surface area contributed by atoms with Gasteiger partial charge in [-0.05, 0) is 68.9 Å². The number of nitrogens with zero attached hydrogens (tertiary/aromatic N) is 2. The van der Waals surface area contributed by atoms with E-state index in [1.54, 1.807) is 0 Å². The Kier molecular flexibility index (Phi) is 7.29. The molecule has 0 unspecified atom stereocenters. The molecule has 2 rings (SSSR count). The second-order valence-corrected chi connectivity index (χ2v) is 8.64. The van der Waals surface area contributed by atoms with Gasteiger partial charge in [-0.2, -0.15) is 0 Å². The predicted molar refractivity (Wildman–Crippen MR) is 121 cm³/mol. The second-order valence-electron chi connectivity index (χ2n) is 8.64. The molecule has 0 aliphatic rings. The van der Waals surface area contributed by atoms with Crippen molar-refractivity contribution in [1.82, 2.24) is 4.90 Å². The maximum Gasteiger partial charge on any atom is 0.329 e. The first kappa shape index (κ1) is 22.0. The monoisotopic (exact) mass is 380 g/mol. The summed E-state index contributed by atoms with van der Waals surface area (Å²) in [5.74, 6) is 0.718. The summed E-state index contributed by atoms with van der Waals surface area (Å²) < 4.78 is 0. The van der Waals surface area contributed by atoms with Crippen LogP contribution in [-0.2, 0) is 0 Å². The lowest BCUT2D eigenvalue weighted by molar-refractivity contribution is 0.174. The highest BCUT2D eigenvalue weighted by Crippen LogP contribution is 2.38. The van der Waals surface area contributed by atoms with Gasteiger partial charge >= 0.3 is 6.03 Å². The number of rotatable bonds is 6. The molecule has 0 atom stereocenters. The van der Waals surface area contributed by atoms with Crippen molar-refractivity contribution in [2.45, 2.75) is 79.3 Å². The summed E-state index contributed by atoms with van der Waals surface area (Å²) in [5.41, 5.74) is 4.45. The van der Waals surface area contributed by atoms with Crippen molar-refractivity contribution in [3.8, 4) is 0 Å². The number of amides is 2. The van der Waals surface area contributed by atoms with E-state index in [-0.39, 0.29) is 18.1 Å². The average molecular weight is 381 g/mol. The van der Waals surface area contributed by atoms with E-state index in [1.165, 1.54) is 11.1 Å². The third-order valence-electron chi connectivity index (χ3n) is 5.10. The van der Waals surface area contributed by atoms with Gasteiger partial charge < -0.3 is 4.90 Å². The van der Waals surface area contributed by atoms with E-state index in [0.717, 1.165) is 11.4 Å². The van der Waals surface area contributed by atoms with Gasteiger partial charge in [-0.25, -0.2) is 4.79 Å². The topological polar surface area (TPSA) is 23.6 Å². The van der Waals surface area contributed by atoms with Gasteiger partial charge in [-0.3, -0.25) is 4.90 Å². The van der Waals surface area contributed by atoms with Gasteiger partial charge in [-0.15, -0.1) is 0 Å². The fourth-order valence-electron chi connectivity index (χ4n) is 3.98. The number of para-hydroxylation sites is 1. The van der Waals surface area contributed by atoms with Crippen molar-refractivity contribution in [2.75, 3.05) is 4.90 Å². The highest BCUT2D eigenvalue weighted by atomic mass is 16.2. The number of anilines is 2. The molecule has 3 heteroatoms. The molecule has 0 radical (unpaired) electrons. The van der Waals surface area contributed by atoms with Crippen molar-refractivity contribution < 1.29 is 4.79 Å². The van der Waals surface area contributed by atoms with Gasteiger partial charge in [0.25, 0.3) is 0 Å². The molecule has 0 saturated heterocycles. The summed E-state index contributed by atoms with van der Waals surface area (Å²) in [5, 5.41) is 0. The Balaban J connectivity index is 2.75. The minimum Gasteiger partial charge on any atom is -0.319 e. The van der Waals surface area contributed by atoms with Crippen LogP contribution in [0.25, 0.3) is 0 Å². The van der Waals surface area contributed by atoms with Crippen molar-refractivity contribution in [2.24, 2.45) is 0 Å². The van der Waals surface area contributed by atoms with Crippen LogP contribution in [-0.4, -0.2) is 23.0 Å². The summed E-state index contributed by atoms with van der Waals surface area (Å²) in [6, 6.07) is 16.6. The van der Waals surface area contributed by atoms with Crippen LogP contribution in [0.2, 0.25) is 0 Å². The number of benzene rings is 2. The Morgan fingerprint density at radius 3 is 1.75 bits per heavy atom. The van der Waals surface area contributed by atoms with Crippen LogP contribution in [0.1, 0.15) is 78.4 Å². The third-order valence-corrected chi connectivity index (χ3v) is 5.10. The molecule has 0 N–H and O–H groups in total. The van der Waals surface area contributed by atoms with Gasteiger partial charge in [-0.1, -0.05) is 58.0 Å². The lowest BCUT2D eigenvalue weighted by atomic mass is 9.88. The molecule has 152 valence electrons. The molecule has 0 aromatic heterocycles. The van der Waals surface area contributed by atoms with Gasteiger partial charge in [0, 0.05) is 12.1 Å². The van der Waals surface area contributed by atoms with E-state index in [0.29, 0.717) is 11.8 Å². The van der Waals surface area contributed by atoms with Crippen molar-refractivity contribution in [3.63, 3.8) is 0 Å². The zero-order valence-electron chi connectivity index (χ0n) is 18.7. The minimum atomic E-state index is 0.0269. The van der Waals surface area contributed by atoms with Gasteiger partial charge in [0.1, 0.15) is 0 Å². The molecular formula is C25H36N2O. The Morgan fingerprint density at radius 1 is 0.714 bits per heavy atom. The fraction of sp³-hybridized carbons (Fsp3) is 0.480. The second kappa shape index (κ2) is 9.27. The Bertz CT molecular complexity index is 770. The Hall–Kier alpha value is -2.29. The molecule has 0 aliphatic carbocycles. The average Bonchev–Trinajstić information content (AvgIpc) is 2.61. The van der Waals surface area contributed by atoms with Crippen molar-refractivity contribution in [1.29, 1.82) is 0 Å². The molecule has 28 heavy (non-hydrogen) atoms. The van der Waals surface area contributed by atoms with Crippen LogP contribution in [0.5, 0.6) is 0 Å². The largest absolute Gasteiger partial charge is 0.329 e. The van der Waals surface area contributed by atoms with E-state index in [9.17, 15) is 4.79 Å². The van der Waals surface area contributed by atoms with E-state index >= 15 is 0 Å². The van der Waals surface area contributed by atoms with E-state index in [4.69, 9.17) is 0 Å². The van der Waals surface area contributed by atoms with Crippen molar-refractivity contribution in [3.05, 3.63) is 59.7 Å². The first-order valence-corrected chi connectivity index (χ1v) is 10.5. The number of carbonyl (C=O) groups excluding carboxylic acids is 1. The normalized spacial score (nSPS) is 11.6. The molecule has 2 aromatic carbocycles. The summed E-state index contributed by atoms with van der Waals surface area (Å²) in [6.07, 6.45) is 0. The van der Waals surface area contributed by atoms with Crippen LogP contribution in [0.4, 0.5) is 16.2 Å². The lowest BCUT2D eigenvalue weighted by Crippen LogP contribution is -2.48. The zero-order chi connectivity index (χ0) is 21.0. The Labute approximate surface area is 171 Å². The quantitative estimate of drug-likeness (QED) is 0.515. The molecule has 2 amide bonds. The van der Waals surface area contributed by atoms with Crippen LogP contribution >= 0.6 is 0 Å². The van der Waals surface area contributed by atoms with Gasteiger partial charge in [0.2, 0.25) is 0 Å². The lowest BCUT2D eigenvalue weighted by Gasteiger charge is -2.37. The first-order chi connectivity index (χ1) is 13.2. The standard InChI is InChI=1S/C25H36N2O/c1-17(2)22-15-12-16-23(24(22)18(3)4)27(21-13-10-9-11-14-21)25(28)26(19(5)6)20(7)8/h9-20H,1-8H3. The molecule has 0 heterocycles. The summed E-state index contributed by atoms with van der Waals surface area (Å²) in [6.45, 7) is 17.2.